The highest BCUT2D eigenvalue weighted by atomic mass is 32.2. The number of thioether (sulfide) groups is 1. The Bertz CT molecular complexity index is 976. The summed E-state index contributed by atoms with van der Waals surface area (Å²) in [6.07, 6.45) is 0.869. The quantitative estimate of drug-likeness (QED) is 0.414. The Morgan fingerprint density at radius 3 is 2.47 bits per heavy atom. The molecule has 0 saturated carbocycles. The molecule has 0 aliphatic heterocycles. The number of aliphatic imine (C=N–C) groups is 1. The van der Waals surface area contributed by atoms with Gasteiger partial charge in [0.1, 0.15) is 18.0 Å². The first-order valence-corrected chi connectivity index (χ1v) is 10.3. The minimum absolute atomic E-state index is 0.0801. The van der Waals surface area contributed by atoms with E-state index in [4.69, 9.17) is 16.0 Å². The van der Waals surface area contributed by atoms with Crippen molar-refractivity contribution in [3.05, 3.63) is 71.1 Å². The summed E-state index contributed by atoms with van der Waals surface area (Å²) in [5.74, 6) is -0.221. The lowest BCUT2D eigenvalue weighted by molar-refractivity contribution is 0.0604. The van der Waals surface area contributed by atoms with Crippen molar-refractivity contribution in [3.8, 4) is 5.75 Å². The SMILES string of the molecule is [C-]#[N+]c1ccc(OCc2ccccc2)c(C(=O)N/C(=N/C(=O)OC(C)(C)C)SC)c1. The van der Waals surface area contributed by atoms with Crippen LogP contribution in [0.15, 0.2) is 53.5 Å². The van der Waals surface area contributed by atoms with Crippen molar-refractivity contribution in [3.63, 3.8) is 0 Å². The average Bonchev–Trinajstić information content (AvgIpc) is 2.70. The number of hydrogen-bond acceptors (Lipinski definition) is 5. The van der Waals surface area contributed by atoms with Gasteiger partial charge < -0.3 is 14.8 Å². The summed E-state index contributed by atoms with van der Waals surface area (Å²) in [6, 6.07) is 14.1. The maximum absolute atomic E-state index is 12.8. The second-order valence-electron chi connectivity index (χ2n) is 7.12. The molecule has 0 heterocycles. The Morgan fingerprint density at radius 1 is 1.17 bits per heavy atom. The van der Waals surface area contributed by atoms with E-state index >= 15 is 0 Å². The van der Waals surface area contributed by atoms with Gasteiger partial charge >= 0.3 is 6.09 Å². The summed E-state index contributed by atoms with van der Waals surface area (Å²) >= 11 is 1.09. The number of nitrogens with zero attached hydrogens (tertiary/aromatic N) is 2. The zero-order valence-electron chi connectivity index (χ0n) is 17.3. The lowest BCUT2D eigenvalue weighted by atomic mass is 10.1. The van der Waals surface area contributed by atoms with Crippen molar-refractivity contribution in [2.24, 2.45) is 4.99 Å². The molecule has 0 bridgehead atoms. The van der Waals surface area contributed by atoms with Gasteiger partial charge in [0.15, 0.2) is 10.9 Å². The van der Waals surface area contributed by atoms with E-state index in [1.807, 2.05) is 30.3 Å². The number of benzene rings is 2. The maximum atomic E-state index is 12.8. The van der Waals surface area contributed by atoms with Crippen LogP contribution in [0.3, 0.4) is 0 Å². The molecule has 156 valence electrons. The first-order valence-electron chi connectivity index (χ1n) is 9.07. The number of nitrogens with one attached hydrogen (secondary N) is 1. The molecule has 0 saturated heterocycles. The van der Waals surface area contributed by atoms with Crippen molar-refractivity contribution in [2.75, 3.05) is 6.26 Å². The minimum Gasteiger partial charge on any atom is -0.488 e. The Morgan fingerprint density at radius 2 is 1.87 bits per heavy atom. The third-order valence-corrected chi connectivity index (χ3v) is 4.15. The predicted octanol–water partition coefficient (Wildman–Crippen LogP) is 5.20. The van der Waals surface area contributed by atoms with E-state index in [9.17, 15) is 9.59 Å². The average molecular weight is 426 g/mol. The topological polar surface area (TPSA) is 81.4 Å². The van der Waals surface area contributed by atoms with Gasteiger partial charge in [-0.25, -0.2) is 9.64 Å². The summed E-state index contributed by atoms with van der Waals surface area (Å²) in [7, 11) is 0. The van der Waals surface area contributed by atoms with E-state index in [1.165, 1.54) is 6.07 Å². The Balaban J connectivity index is 2.21. The fraction of sp³-hybridized carbons (Fsp3) is 0.273. The van der Waals surface area contributed by atoms with E-state index in [2.05, 4.69) is 15.2 Å². The molecule has 0 fully saturated rings. The van der Waals surface area contributed by atoms with Gasteiger partial charge in [-0.3, -0.25) is 4.79 Å². The molecule has 2 aromatic rings. The Labute approximate surface area is 180 Å². The fourth-order valence-corrected chi connectivity index (χ4v) is 2.64. The van der Waals surface area contributed by atoms with E-state index < -0.39 is 17.6 Å². The van der Waals surface area contributed by atoms with Crippen molar-refractivity contribution >= 4 is 34.6 Å². The van der Waals surface area contributed by atoms with Gasteiger partial charge in [-0.15, -0.1) is 0 Å². The van der Waals surface area contributed by atoms with E-state index in [1.54, 1.807) is 39.2 Å². The van der Waals surface area contributed by atoms with Crippen molar-refractivity contribution in [2.45, 2.75) is 33.0 Å². The molecule has 0 aliphatic carbocycles. The highest BCUT2D eigenvalue weighted by Crippen LogP contribution is 2.26. The standard InChI is InChI=1S/C22H23N3O4S/c1-22(2,3)29-21(27)25-20(30-5)24-19(26)17-13-16(23-4)11-12-18(17)28-14-15-9-7-6-8-10-15/h6-13H,14H2,1-3,5H3,(H,24,25,26,27). The molecule has 0 aliphatic rings. The van der Waals surface area contributed by atoms with Crippen LogP contribution in [0.1, 0.15) is 36.7 Å². The molecule has 1 N–H and O–H groups in total. The summed E-state index contributed by atoms with van der Waals surface area (Å²) in [5, 5.41) is 2.66. The second kappa shape index (κ2) is 10.5. The summed E-state index contributed by atoms with van der Waals surface area (Å²) in [5.41, 5.74) is 0.707. The molecule has 0 unspecified atom stereocenters. The molecular weight excluding hydrogens is 402 g/mol. The Kier molecular flexibility index (Phi) is 8.01. The molecule has 7 nitrogen and oxygen atoms in total. The van der Waals surface area contributed by atoms with Gasteiger partial charge in [0.25, 0.3) is 5.91 Å². The van der Waals surface area contributed by atoms with Crippen LogP contribution in [0.5, 0.6) is 5.75 Å². The van der Waals surface area contributed by atoms with Crippen LogP contribution in [0.4, 0.5) is 10.5 Å². The number of hydrogen-bond donors (Lipinski definition) is 1. The predicted molar refractivity (Wildman–Crippen MR) is 118 cm³/mol. The van der Waals surface area contributed by atoms with E-state index in [0.29, 0.717) is 11.4 Å². The molecule has 2 aromatic carbocycles. The van der Waals surface area contributed by atoms with Crippen molar-refractivity contribution < 1.29 is 19.1 Å². The summed E-state index contributed by atoms with van der Waals surface area (Å²) < 4.78 is 11.0. The number of rotatable bonds is 4. The van der Waals surface area contributed by atoms with Crippen molar-refractivity contribution in [1.29, 1.82) is 0 Å². The number of carbonyl (C=O) groups excluding carboxylic acids is 2. The molecule has 8 heteroatoms. The second-order valence-corrected chi connectivity index (χ2v) is 7.92. The lowest BCUT2D eigenvalue weighted by Gasteiger charge is -2.17. The van der Waals surface area contributed by atoms with Crippen LogP contribution in [0, 0.1) is 6.57 Å². The van der Waals surface area contributed by atoms with E-state index in [-0.39, 0.29) is 17.3 Å². The van der Waals surface area contributed by atoms with Crippen molar-refractivity contribution in [1.82, 2.24) is 5.32 Å². The monoisotopic (exact) mass is 425 g/mol. The maximum Gasteiger partial charge on any atom is 0.436 e. The first kappa shape index (κ1) is 23.0. The van der Waals surface area contributed by atoms with Crippen LogP contribution >= 0.6 is 11.8 Å². The molecule has 0 atom stereocenters. The van der Waals surface area contributed by atoms with Crippen LogP contribution < -0.4 is 10.1 Å². The van der Waals surface area contributed by atoms with Crippen LogP contribution in [0.2, 0.25) is 0 Å². The molecule has 30 heavy (non-hydrogen) atoms. The third-order valence-electron chi connectivity index (χ3n) is 3.57. The largest absolute Gasteiger partial charge is 0.488 e. The van der Waals surface area contributed by atoms with Gasteiger partial charge in [-0.1, -0.05) is 48.2 Å². The molecule has 0 radical (unpaired) electrons. The van der Waals surface area contributed by atoms with E-state index in [0.717, 1.165) is 17.3 Å². The van der Waals surface area contributed by atoms with Gasteiger partial charge in [-0.05, 0) is 44.7 Å². The number of amides is 2. The molecule has 0 spiro atoms. The molecular formula is C22H23N3O4S. The van der Waals surface area contributed by atoms with Gasteiger partial charge in [0.05, 0.1) is 12.1 Å². The van der Waals surface area contributed by atoms with Crippen LogP contribution in [0.25, 0.3) is 4.85 Å². The van der Waals surface area contributed by atoms with Gasteiger partial charge in [0.2, 0.25) is 0 Å². The fourth-order valence-electron chi connectivity index (χ4n) is 2.28. The third kappa shape index (κ3) is 7.26. The lowest BCUT2D eigenvalue weighted by Crippen LogP contribution is -2.30. The minimum atomic E-state index is -0.803. The normalized spacial score (nSPS) is 11.4. The zero-order valence-corrected chi connectivity index (χ0v) is 18.1. The highest BCUT2D eigenvalue weighted by Gasteiger charge is 2.19. The van der Waals surface area contributed by atoms with Gasteiger partial charge in [-0.2, -0.15) is 4.99 Å². The summed E-state index contributed by atoms with van der Waals surface area (Å²) in [6.45, 7) is 12.6. The first-order chi connectivity index (χ1) is 14.2. The number of ether oxygens (including phenoxy) is 2. The number of carbonyl (C=O) groups is 2. The Hall–Kier alpha value is -3.31. The molecule has 2 rings (SSSR count). The molecule has 2 amide bonds. The number of amidine groups is 1. The smallest absolute Gasteiger partial charge is 0.436 e. The van der Waals surface area contributed by atoms with Gasteiger partial charge in [0, 0.05) is 0 Å². The highest BCUT2D eigenvalue weighted by molar-refractivity contribution is 8.13. The van der Waals surface area contributed by atoms with Crippen LogP contribution in [-0.2, 0) is 11.3 Å². The molecule has 0 aromatic heterocycles. The summed E-state index contributed by atoms with van der Waals surface area (Å²) in [4.78, 5) is 31.9. The zero-order chi connectivity index (χ0) is 22.1. The van der Waals surface area contributed by atoms with Crippen LogP contribution in [-0.4, -0.2) is 29.0 Å².